The number of benzene rings is 1. The van der Waals surface area contributed by atoms with E-state index >= 15 is 0 Å². The molecule has 3 rings (SSSR count). The lowest BCUT2D eigenvalue weighted by Crippen LogP contribution is -2.02. The van der Waals surface area contributed by atoms with Crippen molar-refractivity contribution < 1.29 is 4.74 Å². The van der Waals surface area contributed by atoms with Crippen molar-refractivity contribution in [1.82, 2.24) is 5.32 Å². The molecule has 0 fully saturated rings. The molecule has 0 atom stereocenters. The Balaban J connectivity index is 1.62. The molecule has 1 aliphatic carbocycles. The quantitative estimate of drug-likeness (QED) is 0.899. The van der Waals surface area contributed by atoms with Crippen molar-refractivity contribution in [3.8, 4) is 5.75 Å². The van der Waals surface area contributed by atoms with Gasteiger partial charge in [-0.3, -0.25) is 0 Å². The summed E-state index contributed by atoms with van der Waals surface area (Å²) in [5, 5.41) is 3.17. The van der Waals surface area contributed by atoms with Gasteiger partial charge < -0.3 is 10.1 Å². The van der Waals surface area contributed by atoms with Crippen LogP contribution < -0.4 is 10.1 Å². The Hall–Kier alpha value is -1.32. The highest BCUT2D eigenvalue weighted by Gasteiger charge is 2.11. The zero-order chi connectivity index (χ0) is 13.1. The van der Waals surface area contributed by atoms with Crippen LogP contribution in [0.2, 0.25) is 0 Å². The van der Waals surface area contributed by atoms with E-state index in [-0.39, 0.29) is 0 Å². The smallest absolute Gasteiger partial charge is 0.122 e. The first kappa shape index (κ1) is 12.7. The third kappa shape index (κ3) is 2.99. The van der Waals surface area contributed by atoms with E-state index < -0.39 is 0 Å². The van der Waals surface area contributed by atoms with Crippen molar-refractivity contribution >= 4 is 11.3 Å². The highest BCUT2D eigenvalue weighted by atomic mass is 32.1. The predicted molar refractivity (Wildman–Crippen MR) is 79.9 cm³/mol. The molecule has 0 amide bonds. The first-order chi connectivity index (χ1) is 9.35. The third-order valence-corrected chi connectivity index (χ3v) is 4.58. The largest absolute Gasteiger partial charge is 0.488 e. The molecule has 3 heteroatoms. The van der Waals surface area contributed by atoms with Gasteiger partial charge in [-0.2, -0.15) is 0 Å². The van der Waals surface area contributed by atoms with Gasteiger partial charge in [-0.25, -0.2) is 0 Å². The molecule has 1 aromatic heterocycles. The summed E-state index contributed by atoms with van der Waals surface area (Å²) in [7, 11) is 1.97. The van der Waals surface area contributed by atoms with Crippen LogP contribution in [0, 0.1) is 0 Å². The van der Waals surface area contributed by atoms with Gasteiger partial charge in [0, 0.05) is 16.3 Å². The van der Waals surface area contributed by atoms with E-state index in [1.54, 1.807) is 0 Å². The Morgan fingerprint density at radius 3 is 2.84 bits per heavy atom. The maximum absolute atomic E-state index is 5.90. The Morgan fingerprint density at radius 1 is 1.11 bits per heavy atom. The number of rotatable bonds is 5. The monoisotopic (exact) mass is 273 g/mol. The molecule has 2 nitrogen and oxygen atoms in total. The first-order valence-electron chi connectivity index (χ1n) is 6.82. The fraction of sp³-hybridized carbons (Fsp3) is 0.375. The molecule has 0 saturated carbocycles. The lowest BCUT2D eigenvalue weighted by atomic mass is 10.1. The molecule has 1 heterocycles. The molecule has 1 N–H and O–H groups in total. The zero-order valence-electron chi connectivity index (χ0n) is 11.2. The van der Waals surface area contributed by atoms with Gasteiger partial charge in [0.1, 0.15) is 12.4 Å². The molecular weight excluding hydrogens is 254 g/mol. The lowest BCUT2D eigenvalue weighted by Gasteiger charge is -2.07. The van der Waals surface area contributed by atoms with Gasteiger partial charge in [0.15, 0.2) is 0 Å². The van der Waals surface area contributed by atoms with Crippen molar-refractivity contribution in [2.75, 3.05) is 7.05 Å². The minimum Gasteiger partial charge on any atom is -0.488 e. The minimum atomic E-state index is 0.674. The van der Waals surface area contributed by atoms with E-state index in [0.717, 1.165) is 12.3 Å². The average Bonchev–Trinajstić information content (AvgIpc) is 3.04. The molecule has 0 unspecified atom stereocenters. The summed E-state index contributed by atoms with van der Waals surface area (Å²) in [5.74, 6) is 1.00. The molecule has 0 saturated heterocycles. The van der Waals surface area contributed by atoms with Gasteiger partial charge in [-0.05, 0) is 61.7 Å². The average molecular weight is 273 g/mol. The summed E-state index contributed by atoms with van der Waals surface area (Å²) in [5.41, 5.74) is 2.97. The van der Waals surface area contributed by atoms with E-state index in [2.05, 4.69) is 35.6 Å². The second-order valence-electron chi connectivity index (χ2n) is 4.97. The number of ether oxygens (including phenoxy) is 1. The van der Waals surface area contributed by atoms with Crippen molar-refractivity contribution in [3.63, 3.8) is 0 Å². The van der Waals surface area contributed by atoms with Gasteiger partial charge in [-0.1, -0.05) is 6.07 Å². The van der Waals surface area contributed by atoms with Crippen molar-refractivity contribution in [2.24, 2.45) is 0 Å². The molecule has 0 spiro atoms. The standard InChI is InChI=1S/C16H19NOS/c1-17-10-15-7-8-16(19-15)11-18-14-6-5-12-3-2-4-13(12)9-14/h5-9,17H,2-4,10-11H2,1H3. The summed E-state index contributed by atoms with van der Waals surface area (Å²) in [6, 6.07) is 10.9. The predicted octanol–water partition coefficient (Wildman–Crippen LogP) is 3.54. The number of hydrogen-bond acceptors (Lipinski definition) is 3. The van der Waals surface area contributed by atoms with E-state index in [1.807, 2.05) is 18.4 Å². The molecule has 2 aromatic rings. The van der Waals surface area contributed by atoms with Gasteiger partial charge in [-0.15, -0.1) is 11.3 Å². The fourth-order valence-corrected chi connectivity index (χ4v) is 3.50. The van der Waals surface area contributed by atoms with Crippen LogP contribution in [0.5, 0.6) is 5.75 Å². The van der Waals surface area contributed by atoms with E-state index in [1.165, 1.54) is 40.1 Å². The topological polar surface area (TPSA) is 21.3 Å². The van der Waals surface area contributed by atoms with E-state index in [9.17, 15) is 0 Å². The number of thiophene rings is 1. The summed E-state index contributed by atoms with van der Waals surface area (Å²) < 4.78 is 5.90. The Labute approximate surface area is 118 Å². The Bertz CT molecular complexity index is 562. The van der Waals surface area contributed by atoms with Crippen LogP contribution in [-0.4, -0.2) is 7.05 Å². The normalized spacial score (nSPS) is 13.5. The van der Waals surface area contributed by atoms with Gasteiger partial charge in [0.25, 0.3) is 0 Å². The first-order valence-corrected chi connectivity index (χ1v) is 7.63. The van der Waals surface area contributed by atoms with Crippen LogP contribution in [0.1, 0.15) is 27.3 Å². The third-order valence-electron chi connectivity index (χ3n) is 3.52. The van der Waals surface area contributed by atoms with E-state index in [0.29, 0.717) is 6.61 Å². The highest BCUT2D eigenvalue weighted by molar-refractivity contribution is 7.11. The number of nitrogens with one attached hydrogen (secondary N) is 1. The summed E-state index contributed by atoms with van der Waals surface area (Å²) in [6.45, 7) is 1.61. The van der Waals surface area contributed by atoms with Gasteiger partial charge >= 0.3 is 0 Å². The van der Waals surface area contributed by atoms with Crippen LogP contribution >= 0.6 is 11.3 Å². The molecule has 0 bridgehead atoms. The van der Waals surface area contributed by atoms with Crippen LogP contribution in [0.4, 0.5) is 0 Å². The summed E-state index contributed by atoms with van der Waals surface area (Å²) in [4.78, 5) is 2.64. The molecule has 19 heavy (non-hydrogen) atoms. The maximum atomic E-state index is 5.90. The summed E-state index contributed by atoms with van der Waals surface area (Å²) >= 11 is 1.81. The molecule has 1 aliphatic rings. The van der Waals surface area contributed by atoms with Crippen molar-refractivity contribution in [3.05, 3.63) is 51.2 Å². The SMILES string of the molecule is CNCc1ccc(COc2ccc3c(c2)CCC3)s1. The number of aryl methyl sites for hydroxylation is 2. The molecule has 0 radical (unpaired) electrons. The van der Waals surface area contributed by atoms with Gasteiger partial charge in [0.05, 0.1) is 0 Å². The minimum absolute atomic E-state index is 0.674. The van der Waals surface area contributed by atoms with E-state index in [4.69, 9.17) is 4.74 Å². The number of fused-ring (bicyclic) bond motifs is 1. The van der Waals surface area contributed by atoms with Crippen molar-refractivity contribution in [1.29, 1.82) is 0 Å². The van der Waals surface area contributed by atoms with Crippen molar-refractivity contribution in [2.45, 2.75) is 32.4 Å². The molecule has 100 valence electrons. The fourth-order valence-electron chi connectivity index (χ4n) is 2.56. The molecule has 0 aliphatic heterocycles. The highest BCUT2D eigenvalue weighted by Crippen LogP contribution is 2.27. The zero-order valence-corrected chi connectivity index (χ0v) is 12.1. The van der Waals surface area contributed by atoms with Crippen LogP contribution in [0.25, 0.3) is 0 Å². The van der Waals surface area contributed by atoms with Crippen LogP contribution in [-0.2, 0) is 26.0 Å². The van der Waals surface area contributed by atoms with Crippen LogP contribution in [0.3, 0.4) is 0 Å². The second-order valence-corrected chi connectivity index (χ2v) is 6.22. The molecular formula is C16H19NOS. The molecule has 1 aromatic carbocycles. The maximum Gasteiger partial charge on any atom is 0.122 e. The Kier molecular flexibility index (Phi) is 3.85. The number of hydrogen-bond donors (Lipinski definition) is 1. The van der Waals surface area contributed by atoms with Crippen LogP contribution in [0.15, 0.2) is 30.3 Å². The van der Waals surface area contributed by atoms with Gasteiger partial charge in [0.2, 0.25) is 0 Å². The summed E-state index contributed by atoms with van der Waals surface area (Å²) in [6.07, 6.45) is 3.73. The lowest BCUT2D eigenvalue weighted by molar-refractivity contribution is 0.309. The second kappa shape index (κ2) is 5.76. The Morgan fingerprint density at radius 2 is 1.95 bits per heavy atom.